The molecule has 1 atom stereocenters. The molecule has 1 aromatic carbocycles. The number of amides is 2. The fourth-order valence-electron chi connectivity index (χ4n) is 2.76. The summed E-state index contributed by atoms with van der Waals surface area (Å²) in [6.07, 6.45) is 3.71. The van der Waals surface area contributed by atoms with Crippen LogP contribution in [0.3, 0.4) is 0 Å². The summed E-state index contributed by atoms with van der Waals surface area (Å²) in [5.41, 5.74) is -0.0686. The van der Waals surface area contributed by atoms with E-state index in [1.54, 1.807) is 0 Å². The fraction of sp³-hybridized carbons (Fsp3) is 0.529. The van der Waals surface area contributed by atoms with E-state index in [0.29, 0.717) is 6.54 Å². The van der Waals surface area contributed by atoms with Crippen LogP contribution in [0.1, 0.15) is 26.2 Å². The summed E-state index contributed by atoms with van der Waals surface area (Å²) in [6, 6.07) is 3.84. The normalized spacial score (nSPS) is 16.5. The number of carbonyl (C=O) groups excluding carboxylic acids is 2. The second-order valence-corrected chi connectivity index (χ2v) is 6.69. The number of carbonyl (C=O) groups is 2. The minimum Gasteiger partial charge on any atom is -0.348 e. The van der Waals surface area contributed by atoms with Crippen LogP contribution in [0.25, 0.3) is 0 Å². The summed E-state index contributed by atoms with van der Waals surface area (Å²) < 4.78 is 13.6. The molecule has 2 N–H and O–H groups in total. The maximum atomic E-state index is 13.6. The van der Waals surface area contributed by atoms with E-state index in [9.17, 15) is 14.0 Å². The molecule has 1 aromatic rings. The van der Waals surface area contributed by atoms with Crippen LogP contribution in [-0.4, -0.2) is 42.9 Å². The molecule has 1 fully saturated rings. The number of piperidine rings is 1. The van der Waals surface area contributed by atoms with Gasteiger partial charge in [0.1, 0.15) is 5.82 Å². The van der Waals surface area contributed by atoms with Crippen molar-refractivity contribution in [3.8, 4) is 0 Å². The SMILES string of the molecule is CC(CNC(=O)C(=O)Nc1ccc(Cl)cc1F)CN1CCCCC1. The van der Waals surface area contributed by atoms with E-state index in [0.717, 1.165) is 25.7 Å². The fourth-order valence-corrected chi connectivity index (χ4v) is 2.92. The molecule has 1 unspecified atom stereocenters. The third-order valence-electron chi connectivity index (χ3n) is 4.02. The van der Waals surface area contributed by atoms with Crippen molar-refractivity contribution in [2.75, 3.05) is 31.5 Å². The first kappa shape index (κ1) is 18.7. The van der Waals surface area contributed by atoms with Gasteiger partial charge in [0.05, 0.1) is 5.69 Å². The second kappa shape index (κ2) is 8.99. The molecular weight excluding hydrogens is 333 g/mol. The van der Waals surface area contributed by atoms with Gasteiger partial charge in [0.25, 0.3) is 0 Å². The summed E-state index contributed by atoms with van der Waals surface area (Å²) in [6.45, 7) is 5.52. The highest BCUT2D eigenvalue weighted by Crippen LogP contribution is 2.18. The van der Waals surface area contributed by atoms with Gasteiger partial charge in [-0.25, -0.2) is 4.39 Å². The first-order valence-corrected chi connectivity index (χ1v) is 8.60. The number of anilines is 1. The zero-order valence-electron chi connectivity index (χ0n) is 13.8. The van der Waals surface area contributed by atoms with E-state index in [1.165, 1.54) is 31.4 Å². The molecule has 7 heteroatoms. The largest absolute Gasteiger partial charge is 0.348 e. The third-order valence-corrected chi connectivity index (χ3v) is 4.25. The Kier molecular flexibility index (Phi) is 6.99. The minimum absolute atomic E-state index is 0.0686. The minimum atomic E-state index is -0.888. The Labute approximate surface area is 146 Å². The van der Waals surface area contributed by atoms with E-state index in [-0.39, 0.29) is 16.6 Å². The van der Waals surface area contributed by atoms with Gasteiger partial charge in [-0.05, 0) is 50.0 Å². The molecule has 0 bridgehead atoms. The Hall–Kier alpha value is -1.66. The molecule has 132 valence electrons. The van der Waals surface area contributed by atoms with Gasteiger partial charge in [-0.15, -0.1) is 0 Å². The van der Waals surface area contributed by atoms with Crippen LogP contribution in [0, 0.1) is 11.7 Å². The maximum absolute atomic E-state index is 13.6. The first-order chi connectivity index (χ1) is 11.5. The van der Waals surface area contributed by atoms with E-state index >= 15 is 0 Å². The summed E-state index contributed by atoms with van der Waals surface area (Å²) in [7, 11) is 0. The molecular formula is C17H23ClFN3O2. The number of likely N-dealkylation sites (tertiary alicyclic amines) is 1. The molecule has 0 aliphatic carbocycles. The highest BCUT2D eigenvalue weighted by molar-refractivity contribution is 6.39. The van der Waals surface area contributed by atoms with Crippen LogP contribution >= 0.6 is 11.6 Å². The van der Waals surface area contributed by atoms with Crippen LogP contribution < -0.4 is 10.6 Å². The summed E-state index contributed by atoms with van der Waals surface area (Å²) in [5, 5.41) is 5.07. The number of benzene rings is 1. The average Bonchev–Trinajstić information content (AvgIpc) is 2.56. The molecule has 1 aliphatic rings. The van der Waals surface area contributed by atoms with Gasteiger partial charge in [-0.2, -0.15) is 0 Å². The van der Waals surface area contributed by atoms with Crippen LogP contribution in [0.15, 0.2) is 18.2 Å². The van der Waals surface area contributed by atoms with Crippen LogP contribution in [-0.2, 0) is 9.59 Å². The van der Waals surface area contributed by atoms with Gasteiger partial charge < -0.3 is 15.5 Å². The Morgan fingerprint density at radius 1 is 1.25 bits per heavy atom. The van der Waals surface area contributed by atoms with E-state index in [4.69, 9.17) is 11.6 Å². The lowest BCUT2D eigenvalue weighted by molar-refractivity contribution is -0.136. The van der Waals surface area contributed by atoms with Gasteiger partial charge >= 0.3 is 11.8 Å². The van der Waals surface area contributed by atoms with Crippen LogP contribution in [0.4, 0.5) is 10.1 Å². The standard InChI is InChI=1S/C17H23ClFN3O2/c1-12(11-22-7-3-2-4-8-22)10-20-16(23)17(24)21-15-6-5-13(18)9-14(15)19/h5-6,9,12H,2-4,7-8,10-11H2,1H3,(H,20,23)(H,21,24). The lowest BCUT2D eigenvalue weighted by atomic mass is 10.1. The summed E-state index contributed by atoms with van der Waals surface area (Å²) in [5.74, 6) is -2.09. The van der Waals surface area contributed by atoms with E-state index in [2.05, 4.69) is 15.5 Å². The number of rotatable bonds is 5. The molecule has 0 spiro atoms. The van der Waals surface area contributed by atoms with Gasteiger partial charge in [0.15, 0.2) is 0 Å². The van der Waals surface area contributed by atoms with Crippen molar-refractivity contribution in [3.63, 3.8) is 0 Å². The Balaban J connectivity index is 1.75. The highest BCUT2D eigenvalue weighted by Gasteiger charge is 2.18. The molecule has 0 radical (unpaired) electrons. The molecule has 0 saturated carbocycles. The van der Waals surface area contributed by atoms with Crippen LogP contribution in [0.2, 0.25) is 5.02 Å². The van der Waals surface area contributed by atoms with Crippen molar-refractivity contribution in [1.82, 2.24) is 10.2 Å². The average molecular weight is 356 g/mol. The number of nitrogens with zero attached hydrogens (tertiary/aromatic N) is 1. The quantitative estimate of drug-likeness (QED) is 0.798. The predicted molar refractivity (Wildman–Crippen MR) is 92.5 cm³/mol. The van der Waals surface area contributed by atoms with E-state index < -0.39 is 17.6 Å². The number of hydrogen-bond acceptors (Lipinski definition) is 3. The van der Waals surface area contributed by atoms with Gasteiger partial charge in [-0.1, -0.05) is 24.9 Å². The van der Waals surface area contributed by atoms with Gasteiger partial charge in [-0.3, -0.25) is 9.59 Å². The number of hydrogen-bond donors (Lipinski definition) is 2. The second-order valence-electron chi connectivity index (χ2n) is 6.25. The molecule has 2 amide bonds. The Morgan fingerprint density at radius 2 is 1.96 bits per heavy atom. The molecule has 1 heterocycles. The number of nitrogens with one attached hydrogen (secondary N) is 2. The summed E-state index contributed by atoms with van der Waals surface area (Å²) in [4.78, 5) is 26.0. The zero-order valence-corrected chi connectivity index (χ0v) is 14.5. The molecule has 1 aliphatic heterocycles. The van der Waals surface area contributed by atoms with Gasteiger partial charge in [0.2, 0.25) is 0 Å². The predicted octanol–water partition coefficient (Wildman–Crippen LogP) is 2.66. The third kappa shape index (κ3) is 5.76. The Morgan fingerprint density at radius 3 is 2.62 bits per heavy atom. The topological polar surface area (TPSA) is 61.4 Å². The molecule has 0 aromatic heterocycles. The number of halogens is 2. The zero-order chi connectivity index (χ0) is 17.5. The molecule has 24 heavy (non-hydrogen) atoms. The highest BCUT2D eigenvalue weighted by atomic mass is 35.5. The lowest BCUT2D eigenvalue weighted by Crippen LogP contribution is -2.41. The van der Waals surface area contributed by atoms with E-state index in [1.807, 2.05) is 6.92 Å². The lowest BCUT2D eigenvalue weighted by Gasteiger charge is -2.29. The van der Waals surface area contributed by atoms with Crippen molar-refractivity contribution < 1.29 is 14.0 Å². The monoisotopic (exact) mass is 355 g/mol. The van der Waals surface area contributed by atoms with Crippen molar-refractivity contribution in [3.05, 3.63) is 29.0 Å². The Bertz CT molecular complexity index is 591. The maximum Gasteiger partial charge on any atom is 0.313 e. The van der Waals surface area contributed by atoms with Crippen molar-refractivity contribution in [2.24, 2.45) is 5.92 Å². The van der Waals surface area contributed by atoms with Crippen molar-refractivity contribution >= 4 is 29.1 Å². The summed E-state index contributed by atoms with van der Waals surface area (Å²) >= 11 is 5.64. The molecule has 2 rings (SSSR count). The van der Waals surface area contributed by atoms with Crippen molar-refractivity contribution in [2.45, 2.75) is 26.2 Å². The van der Waals surface area contributed by atoms with Gasteiger partial charge in [0, 0.05) is 18.1 Å². The van der Waals surface area contributed by atoms with Crippen molar-refractivity contribution in [1.29, 1.82) is 0 Å². The molecule has 1 saturated heterocycles. The van der Waals surface area contributed by atoms with Crippen LogP contribution in [0.5, 0.6) is 0 Å². The smallest absolute Gasteiger partial charge is 0.313 e. The molecule has 5 nitrogen and oxygen atoms in total. The first-order valence-electron chi connectivity index (χ1n) is 8.22.